The van der Waals surface area contributed by atoms with E-state index in [1.807, 2.05) is 109 Å². The summed E-state index contributed by atoms with van der Waals surface area (Å²) in [6.45, 7) is 0. The fourth-order valence-corrected chi connectivity index (χ4v) is 5.95. The summed E-state index contributed by atoms with van der Waals surface area (Å²) < 4.78 is 31.7. The molecule has 7 aromatic rings. The van der Waals surface area contributed by atoms with Gasteiger partial charge in [-0.05, 0) is 45.5 Å². The van der Waals surface area contributed by atoms with Crippen LogP contribution in [0.25, 0.3) is 66.8 Å². The molecule has 0 unspecified atom stereocenters. The van der Waals surface area contributed by atoms with Crippen LogP contribution in [0.4, 0.5) is 8.78 Å². The number of halogens is 2. The Balaban J connectivity index is 1.26. The number of rotatable bonds is 6. The highest BCUT2D eigenvalue weighted by Gasteiger charge is 2.22. The van der Waals surface area contributed by atoms with Gasteiger partial charge in [0.25, 0.3) is 0 Å². The van der Waals surface area contributed by atoms with Crippen LogP contribution >= 0.6 is 0 Å². The Morgan fingerprint density at radius 2 is 0.609 bits per heavy atom. The van der Waals surface area contributed by atoms with E-state index < -0.39 is 11.6 Å². The molecule has 2 N–H and O–H groups in total. The molecule has 0 amide bonds. The van der Waals surface area contributed by atoms with Crippen LogP contribution in [0.1, 0.15) is 0 Å². The number of phenolic OH excluding ortho intramolecular Hbond substituents is 2. The summed E-state index contributed by atoms with van der Waals surface area (Å²) in [5, 5.41) is 22.7. The number of para-hydroxylation sites is 2. The first-order valence-corrected chi connectivity index (χ1v) is 14.9. The van der Waals surface area contributed by atoms with Gasteiger partial charge in [0.05, 0.1) is 0 Å². The van der Waals surface area contributed by atoms with Gasteiger partial charge < -0.3 is 10.2 Å². The molecular weight excluding hydrogens is 574 g/mol. The van der Waals surface area contributed by atoms with E-state index in [-0.39, 0.29) is 33.8 Å². The first-order valence-electron chi connectivity index (χ1n) is 14.9. The summed E-state index contributed by atoms with van der Waals surface area (Å²) in [5.74, 6) is -2.53. The van der Waals surface area contributed by atoms with Gasteiger partial charge in [0, 0.05) is 33.4 Å². The van der Waals surface area contributed by atoms with Crippen molar-refractivity contribution < 1.29 is 19.0 Å². The van der Waals surface area contributed by atoms with Gasteiger partial charge in [0.2, 0.25) is 0 Å². The van der Waals surface area contributed by atoms with Crippen molar-refractivity contribution in [3.63, 3.8) is 0 Å². The summed E-state index contributed by atoms with van der Waals surface area (Å²) in [6.07, 6.45) is 0. The molecule has 0 aliphatic rings. The minimum absolute atomic E-state index is 0.0778. The van der Waals surface area contributed by atoms with Crippen molar-refractivity contribution in [1.29, 1.82) is 0 Å². The Morgan fingerprint density at radius 3 is 1.02 bits per heavy atom. The highest BCUT2D eigenvalue weighted by molar-refractivity contribution is 5.87. The number of hydrogen-bond donors (Lipinski definition) is 2. The highest BCUT2D eigenvalue weighted by atomic mass is 19.2. The van der Waals surface area contributed by atoms with Crippen LogP contribution in [-0.2, 0) is 0 Å². The van der Waals surface area contributed by atoms with E-state index in [9.17, 15) is 10.2 Å². The first-order chi connectivity index (χ1) is 22.5. The molecule has 2 nitrogen and oxygen atoms in total. The second-order valence-electron chi connectivity index (χ2n) is 11.1. The quantitative estimate of drug-likeness (QED) is 0.199. The molecular formula is C42H28F2O2. The van der Waals surface area contributed by atoms with Crippen LogP contribution in [0.5, 0.6) is 11.5 Å². The van der Waals surface area contributed by atoms with Gasteiger partial charge in [-0.25, -0.2) is 8.78 Å². The number of aromatic hydroxyl groups is 2. The van der Waals surface area contributed by atoms with Crippen molar-refractivity contribution >= 4 is 0 Å². The van der Waals surface area contributed by atoms with Gasteiger partial charge in [-0.3, -0.25) is 0 Å². The molecule has 7 aromatic carbocycles. The molecule has 222 valence electrons. The Labute approximate surface area is 266 Å². The minimum atomic E-state index is -1.11. The first kappa shape index (κ1) is 28.8. The molecule has 7 rings (SSSR count). The molecule has 4 heteroatoms. The van der Waals surface area contributed by atoms with Crippen molar-refractivity contribution in [2.45, 2.75) is 0 Å². The summed E-state index contributed by atoms with van der Waals surface area (Å²) in [4.78, 5) is 0. The SMILES string of the molecule is Oc1c(-c2cccc(-c3ccccc3)c2)cccc1-c1ccc(-c2cccc(-c3cccc(-c4ccccc4)c3)c2O)c(F)c1F. The monoisotopic (exact) mass is 602 g/mol. The van der Waals surface area contributed by atoms with Gasteiger partial charge in [-0.1, -0.05) is 146 Å². The van der Waals surface area contributed by atoms with Crippen LogP contribution in [0.2, 0.25) is 0 Å². The number of phenols is 2. The number of benzene rings is 7. The van der Waals surface area contributed by atoms with Crippen LogP contribution < -0.4 is 0 Å². The van der Waals surface area contributed by atoms with Crippen molar-refractivity contribution in [2.75, 3.05) is 0 Å². The van der Waals surface area contributed by atoms with Crippen molar-refractivity contribution in [1.82, 2.24) is 0 Å². The fourth-order valence-electron chi connectivity index (χ4n) is 5.95. The van der Waals surface area contributed by atoms with E-state index in [0.717, 1.165) is 33.4 Å². The standard InChI is InChI=1S/C42H28F2O2/c43-39-35(37-21-9-19-33(41(37)45)31-17-7-15-29(25-31)27-11-3-1-4-12-27)23-24-36(40(39)44)38-22-10-20-34(42(38)46)32-18-8-16-30(26-32)28-13-5-2-6-14-28/h1-26,45-46H. The maximum Gasteiger partial charge on any atom is 0.167 e. The molecule has 0 fully saturated rings. The maximum atomic E-state index is 15.9. The van der Waals surface area contributed by atoms with Gasteiger partial charge in [-0.2, -0.15) is 0 Å². The lowest BCUT2D eigenvalue weighted by Crippen LogP contribution is -1.96. The average Bonchev–Trinajstić information content (AvgIpc) is 3.11. The Bertz CT molecular complexity index is 2030. The van der Waals surface area contributed by atoms with Crippen LogP contribution in [0, 0.1) is 11.6 Å². The molecule has 0 aliphatic carbocycles. The second-order valence-corrected chi connectivity index (χ2v) is 11.1. The van der Waals surface area contributed by atoms with E-state index in [0.29, 0.717) is 11.1 Å². The predicted octanol–water partition coefficient (Wildman–Crippen LogP) is 11.4. The molecule has 0 spiro atoms. The highest BCUT2D eigenvalue weighted by Crippen LogP contribution is 2.44. The van der Waals surface area contributed by atoms with E-state index in [2.05, 4.69) is 0 Å². The van der Waals surface area contributed by atoms with E-state index >= 15 is 8.78 Å². The molecule has 0 saturated heterocycles. The zero-order chi connectivity index (χ0) is 31.6. The summed E-state index contributed by atoms with van der Waals surface area (Å²) in [7, 11) is 0. The minimum Gasteiger partial charge on any atom is -0.507 e. The Kier molecular flexibility index (Phi) is 7.61. The zero-order valence-corrected chi connectivity index (χ0v) is 24.7. The summed E-state index contributed by atoms with van der Waals surface area (Å²) in [5.41, 5.74) is 6.67. The topological polar surface area (TPSA) is 40.5 Å². The van der Waals surface area contributed by atoms with E-state index in [1.54, 1.807) is 36.4 Å². The lowest BCUT2D eigenvalue weighted by Gasteiger charge is -2.15. The molecule has 0 atom stereocenters. The van der Waals surface area contributed by atoms with E-state index in [1.165, 1.54) is 12.1 Å². The second kappa shape index (κ2) is 12.2. The normalized spacial score (nSPS) is 11.0. The molecule has 0 heterocycles. The number of hydrogen-bond acceptors (Lipinski definition) is 2. The van der Waals surface area contributed by atoms with Gasteiger partial charge in [0.1, 0.15) is 11.5 Å². The third kappa shape index (κ3) is 5.31. The van der Waals surface area contributed by atoms with Crippen molar-refractivity contribution in [3.8, 4) is 78.3 Å². The molecule has 0 aliphatic heterocycles. The Morgan fingerprint density at radius 1 is 0.283 bits per heavy atom. The molecule has 0 bridgehead atoms. The largest absolute Gasteiger partial charge is 0.507 e. The summed E-state index contributed by atoms with van der Waals surface area (Å²) in [6, 6.07) is 48.1. The average molecular weight is 603 g/mol. The molecule has 0 saturated carbocycles. The van der Waals surface area contributed by atoms with Gasteiger partial charge in [0.15, 0.2) is 11.6 Å². The maximum absolute atomic E-state index is 15.9. The molecule has 46 heavy (non-hydrogen) atoms. The molecule has 0 radical (unpaired) electrons. The zero-order valence-electron chi connectivity index (χ0n) is 24.7. The van der Waals surface area contributed by atoms with Crippen molar-refractivity contribution in [3.05, 3.63) is 169 Å². The third-order valence-electron chi connectivity index (χ3n) is 8.30. The van der Waals surface area contributed by atoms with Crippen LogP contribution in [-0.4, -0.2) is 10.2 Å². The molecule has 0 aromatic heterocycles. The van der Waals surface area contributed by atoms with Gasteiger partial charge in [-0.15, -0.1) is 0 Å². The summed E-state index contributed by atoms with van der Waals surface area (Å²) >= 11 is 0. The van der Waals surface area contributed by atoms with Crippen molar-refractivity contribution in [2.24, 2.45) is 0 Å². The predicted molar refractivity (Wildman–Crippen MR) is 182 cm³/mol. The lowest BCUT2D eigenvalue weighted by molar-refractivity contribution is 0.475. The third-order valence-corrected chi connectivity index (χ3v) is 8.30. The smallest absolute Gasteiger partial charge is 0.167 e. The van der Waals surface area contributed by atoms with Gasteiger partial charge >= 0.3 is 0 Å². The Hall–Kier alpha value is -6.00. The van der Waals surface area contributed by atoms with Crippen LogP contribution in [0.15, 0.2) is 158 Å². The fraction of sp³-hybridized carbons (Fsp3) is 0. The van der Waals surface area contributed by atoms with Crippen LogP contribution in [0.3, 0.4) is 0 Å². The lowest BCUT2D eigenvalue weighted by atomic mass is 9.92. The van der Waals surface area contributed by atoms with E-state index in [4.69, 9.17) is 0 Å².